The van der Waals surface area contributed by atoms with Crippen LogP contribution in [0.25, 0.3) is 0 Å². The summed E-state index contributed by atoms with van der Waals surface area (Å²) in [5.74, 6) is 0.0594. The fourth-order valence-corrected chi connectivity index (χ4v) is 1.34. The summed E-state index contributed by atoms with van der Waals surface area (Å²) in [6.45, 7) is 1.92. The maximum Gasteiger partial charge on any atom is 0.163 e. The normalized spacial score (nSPS) is 12.2. The van der Waals surface area contributed by atoms with E-state index in [-0.39, 0.29) is 22.7 Å². The van der Waals surface area contributed by atoms with Crippen molar-refractivity contribution in [1.82, 2.24) is 0 Å². The topological polar surface area (TPSA) is 58.0 Å². The number of hydrogen-bond donors (Lipinski definition) is 1. The summed E-state index contributed by atoms with van der Waals surface area (Å²) < 4.78 is 0. The van der Waals surface area contributed by atoms with Crippen LogP contribution < -0.4 is 0 Å². The van der Waals surface area contributed by atoms with Gasteiger partial charge >= 0.3 is 0 Å². The summed E-state index contributed by atoms with van der Waals surface area (Å²) >= 11 is 3.14. The molecule has 0 aromatic carbocycles. The van der Waals surface area contributed by atoms with Gasteiger partial charge in [-0.1, -0.05) is 22.9 Å². The lowest BCUT2D eigenvalue weighted by Crippen LogP contribution is -2.17. The van der Waals surface area contributed by atoms with Gasteiger partial charge in [0, 0.05) is 12.8 Å². The second kappa shape index (κ2) is 6.06. The van der Waals surface area contributed by atoms with Gasteiger partial charge < -0.3 is 5.41 Å². The molecule has 1 unspecified atom stereocenters. The number of aldehydes is 1. The van der Waals surface area contributed by atoms with Crippen molar-refractivity contribution < 1.29 is 9.59 Å². The fourth-order valence-electron chi connectivity index (χ4n) is 0.758. The van der Waals surface area contributed by atoms with Crippen molar-refractivity contribution in [2.75, 3.05) is 0 Å². The molecule has 0 radical (unpaired) electrons. The van der Waals surface area contributed by atoms with Crippen LogP contribution in [0.15, 0.2) is 0 Å². The highest BCUT2D eigenvalue weighted by molar-refractivity contribution is 9.10. The molecule has 1 atom stereocenters. The summed E-state index contributed by atoms with van der Waals surface area (Å²) in [4.78, 5) is 20.8. The quantitative estimate of drug-likeness (QED) is 0.432. The van der Waals surface area contributed by atoms with Crippen molar-refractivity contribution in [2.24, 2.45) is 0 Å². The Morgan fingerprint density at radius 2 is 2.25 bits per heavy atom. The molecular weight excluding hydrogens is 222 g/mol. The van der Waals surface area contributed by atoms with Crippen LogP contribution in [0.2, 0.25) is 0 Å². The van der Waals surface area contributed by atoms with Gasteiger partial charge in [0.2, 0.25) is 0 Å². The van der Waals surface area contributed by atoms with E-state index in [2.05, 4.69) is 15.9 Å². The Balaban J connectivity index is 3.85. The summed E-state index contributed by atoms with van der Waals surface area (Å²) in [6.07, 6.45) is 1.97. The molecule has 0 saturated carbocycles. The van der Waals surface area contributed by atoms with Crippen LogP contribution in [-0.2, 0) is 9.59 Å². The average Bonchev–Trinajstić information content (AvgIpc) is 2.04. The van der Waals surface area contributed by atoms with E-state index in [4.69, 9.17) is 5.41 Å². The lowest BCUT2D eigenvalue weighted by molar-refractivity contribution is -0.118. The van der Waals surface area contributed by atoms with Crippen molar-refractivity contribution in [3.63, 3.8) is 0 Å². The lowest BCUT2D eigenvalue weighted by atomic mass is 10.1. The van der Waals surface area contributed by atoms with E-state index in [1.807, 2.05) is 6.92 Å². The van der Waals surface area contributed by atoms with E-state index in [1.165, 1.54) is 0 Å². The maximum atomic E-state index is 11.1. The Labute approximate surface area is 80.2 Å². The molecular formula is C8H12BrNO2. The molecule has 0 rings (SSSR count). The van der Waals surface area contributed by atoms with Gasteiger partial charge in [-0.2, -0.15) is 0 Å². The minimum absolute atomic E-state index is 0.0404. The Bertz CT molecular complexity index is 191. The Kier molecular flexibility index (Phi) is 5.80. The SMILES string of the molecule is CCCC(=O)C(Br)CC(=N)C=O. The van der Waals surface area contributed by atoms with Gasteiger partial charge in [-0.25, -0.2) is 0 Å². The van der Waals surface area contributed by atoms with E-state index in [0.717, 1.165) is 6.42 Å². The molecule has 68 valence electrons. The minimum atomic E-state index is -0.366. The molecule has 3 nitrogen and oxygen atoms in total. The number of carbonyl (C=O) groups is 2. The molecule has 0 fully saturated rings. The van der Waals surface area contributed by atoms with Crippen molar-refractivity contribution in [3.8, 4) is 0 Å². The number of carbonyl (C=O) groups excluding carboxylic acids is 2. The van der Waals surface area contributed by atoms with E-state index in [9.17, 15) is 9.59 Å². The number of Topliss-reactive ketones (excluding diaryl/α,β-unsaturated/α-hetero) is 1. The van der Waals surface area contributed by atoms with Gasteiger partial charge in [-0.15, -0.1) is 0 Å². The second-order valence-corrected chi connectivity index (χ2v) is 3.64. The molecule has 0 spiro atoms. The predicted molar refractivity (Wildman–Crippen MR) is 51.0 cm³/mol. The molecule has 0 aliphatic rings. The van der Waals surface area contributed by atoms with Crippen LogP contribution >= 0.6 is 15.9 Å². The molecule has 4 heteroatoms. The molecule has 1 N–H and O–H groups in total. The third-order valence-corrected chi connectivity index (χ3v) is 2.22. The highest BCUT2D eigenvalue weighted by Gasteiger charge is 2.14. The van der Waals surface area contributed by atoms with Crippen LogP contribution in [0, 0.1) is 5.41 Å². The second-order valence-electron chi connectivity index (χ2n) is 2.53. The van der Waals surface area contributed by atoms with Crippen LogP contribution in [0.1, 0.15) is 26.2 Å². The molecule has 0 amide bonds. The minimum Gasteiger partial charge on any atom is -0.302 e. The van der Waals surface area contributed by atoms with E-state index in [1.54, 1.807) is 0 Å². The maximum absolute atomic E-state index is 11.1. The van der Waals surface area contributed by atoms with Crippen LogP contribution in [0.5, 0.6) is 0 Å². The van der Waals surface area contributed by atoms with Gasteiger partial charge in [0.25, 0.3) is 0 Å². The van der Waals surface area contributed by atoms with Gasteiger partial charge in [0.05, 0.1) is 10.5 Å². The number of rotatable bonds is 6. The number of halogens is 1. The molecule has 0 aromatic heterocycles. The molecule has 0 aliphatic carbocycles. The molecule has 0 heterocycles. The van der Waals surface area contributed by atoms with Gasteiger partial charge in [-0.05, 0) is 6.42 Å². The molecule has 0 aliphatic heterocycles. The first kappa shape index (κ1) is 11.5. The first-order valence-electron chi connectivity index (χ1n) is 3.81. The zero-order valence-corrected chi connectivity index (χ0v) is 8.56. The first-order valence-corrected chi connectivity index (χ1v) is 4.72. The zero-order valence-electron chi connectivity index (χ0n) is 6.97. The van der Waals surface area contributed by atoms with Crippen LogP contribution in [0.3, 0.4) is 0 Å². The Hall–Kier alpha value is -0.510. The largest absolute Gasteiger partial charge is 0.302 e. The summed E-state index contributed by atoms with van der Waals surface area (Å²) in [5.41, 5.74) is -0.0404. The van der Waals surface area contributed by atoms with Gasteiger partial charge in [-0.3, -0.25) is 9.59 Å². The third kappa shape index (κ3) is 4.38. The van der Waals surface area contributed by atoms with Crippen LogP contribution in [0.4, 0.5) is 0 Å². The molecule has 12 heavy (non-hydrogen) atoms. The molecule has 0 aromatic rings. The number of alkyl halides is 1. The van der Waals surface area contributed by atoms with Gasteiger partial charge in [0.15, 0.2) is 6.29 Å². The predicted octanol–water partition coefficient (Wildman–Crippen LogP) is 1.73. The van der Waals surface area contributed by atoms with Crippen LogP contribution in [-0.4, -0.2) is 22.6 Å². The highest BCUT2D eigenvalue weighted by Crippen LogP contribution is 2.10. The summed E-state index contributed by atoms with van der Waals surface area (Å²) in [7, 11) is 0. The Morgan fingerprint density at radius 1 is 1.67 bits per heavy atom. The smallest absolute Gasteiger partial charge is 0.163 e. The van der Waals surface area contributed by atoms with Crippen molar-refractivity contribution in [1.29, 1.82) is 5.41 Å². The lowest BCUT2D eigenvalue weighted by Gasteiger charge is -2.05. The number of nitrogens with one attached hydrogen (secondary N) is 1. The van der Waals surface area contributed by atoms with E-state index in [0.29, 0.717) is 12.7 Å². The summed E-state index contributed by atoms with van der Waals surface area (Å²) in [6, 6.07) is 0. The summed E-state index contributed by atoms with van der Waals surface area (Å²) in [5, 5.41) is 7.04. The Morgan fingerprint density at radius 3 is 2.67 bits per heavy atom. The van der Waals surface area contributed by atoms with Gasteiger partial charge in [0.1, 0.15) is 5.78 Å². The highest BCUT2D eigenvalue weighted by atomic mass is 79.9. The van der Waals surface area contributed by atoms with Crippen molar-refractivity contribution in [2.45, 2.75) is 31.0 Å². The zero-order chi connectivity index (χ0) is 9.56. The number of hydrogen-bond acceptors (Lipinski definition) is 3. The standard InChI is InChI=1S/C8H12BrNO2/c1-2-3-8(12)7(9)4-6(10)5-11/h5,7,10H,2-4H2,1H3. The first-order chi connectivity index (χ1) is 5.61. The third-order valence-electron chi connectivity index (χ3n) is 1.39. The van der Waals surface area contributed by atoms with E-state index >= 15 is 0 Å². The average molecular weight is 234 g/mol. The van der Waals surface area contributed by atoms with E-state index < -0.39 is 0 Å². The molecule has 0 saturated heterocycles. The van der Waals surface area contributed by atoms with Crippen molar-refractivity contribution >= 4 is 33.7 Å². The molecule has 0 bridgehead atoms. The van der Waals surface area contributed by atoms with Crippen molar-refractivity contribution in [3.05, 3.63) is 0 Å². The number of ketones is 1. The fraction of sp³-hybridized carbons (Fsp3) is 0.625. The monoisotopic (exact) mass is 233 g/mol.